The zero-order chi connectivity index (χ0) is 27.9. The first kappa shape index (κ1) is 30.1. The van der Waals surface area contributed by atoms with Crippen LogP contribution in [0.2, 0.25) is 0 Å². The van der Waals surface area contributed by atoms with Gasteiger partial charge in [-0.3, -0.25) is 0 Å². The van der Waals surface area contributed by atoms with E-state index in [1.165, 1.54) is 38.2 Å². The lowest BCUT2D eigenvalue weighted by Gasteiger charge is -2.26. The van der Waals surface area contributed by atoms with Crippen LogP contribution in [0, 0.1) is 0 Å². The molecule has 200 valence electrons. The molecule has 3 aromatic carbocycles. The average Bonchev–Trinajstić information content (AvgIpc) is 2.95. The van der Waals surface area contributed by atoms with Crippen LogP contribution in [0.1, 0.15) is 47.5 Å². The number of hydrogen-bond donors (Lipinski definition) is 0. The maximum atomic E-state index is 2.43. The number of benzene rings is 3. The summed E-state index contributed by atoms with van der Waals surface area (Å²) in [5.74, 6) is 0. The minimum atomic E-state index is -1.84. The molecule has 0 saturated carbocycles. The summed E-state index contributed by atoms with van der Waals surface area (Å²) in [7, 11) is -1.84. The van der Waals surface area contributed by atoms with Gasteiger partial charge in [-0.25, -0.2) is 0 Å². The van der Waals surface area contributed by atoms with Crippen LogP contribution in [-0.4, -0.2) is 6.16 Å². The molecule has 0 aromatic heterocycles. The van der Waals surface area contributed by atoms with Gasteiger partial charge >= 0.3 is 0 Å². The Morgan fingerprint density at radius 2 is 1.03 bits per heavy atom. The van der Waals surface area contributed by atoms with Crippen LogP contribution in [-0.2, 0) is 0 Å². The SMILES string of the molecule is CC(C)=CCCC(C)=CC=CC(C)=CC=CC(C)=CC[P+](c1ccccc1)(c1ccccc1)c1ccccc1. The van der Waals surface area contributed by atoms with E-state index in [0.29, 0.717) is 0 Å². The second-order valence-electron chi connectivity index (χ2n) is 10.4. The Morgan fingerprint density at radius 1 is 0.564 bits per heavy atom. The molecule has 0 atom stereocenters. The van der Waals surface area contributed by atoms with E-state index < -0.39 is 7.26 Å². The van der Waals surface area contributed by atoms with Crippen LogP contribution in [0.15, 0.2) is 162 Å². The summed E-state index contributed by atoms with van der Waals surface area (Å²) >= 11 is 0. The molecular formula is C38H44P+. The van der Waals surface area contributed by atoms with E-state index in [2.05, 4.69) is 174 Å². The topological polar surface area (TPSA) is 0 Å². The van der Waals surface area contributed by atoms with E-state index in [1.54, 1.807) is 0 Å². The third-order valence-electron chi connectivity index (χ3n) is 6.83. The molecule has 3 aromatic rings. The van der Waals surface area contributed by atoms with E-state index in [9.17, 15) is 0 Å². The summed E-state index contributed by atoms with van der Waals surface area (Å²) < 4.78 is 0. The Morgan fingerprint density at radius 3 is 1.51 bits per heavy atom. The van der Waals surface area contributed by atoms with Gasteiger partial charge in [-0.2, -0.15) is 0 Å². The Kier molecular flexibility index (Phi) is 12.2. The molecule has 1 heteroatoms. The minimum Gasteiger partial charge on any atom is -0.0856 e. The molecule has 0 N–H and O–H groups in total. The van der Waals surface area contributed by atoms with Crippen LogP contribution in [0.25, 0.3) is 0 Å². The van der Waals surface area contributed by atoms with Crippen LogP contribution in [0.4, 0.5) is 0 Å². The van der Waals surface area contributed by atoms with Gasteiger partial charge in [0, 0.05) is 0 Å². The summed E-state index contributed by atoms with van der Waals surface area (Å²) in [5.41, 5.74) is 5.33. The summed E-state index contributed by atoms with van der Waals surface area (Å²) in [6, 6.07) is 33.2. The van der Waals surface area contributed by atoms with E-state index in [1.807, 2.05) is 0 Å². The second-order valence-corrected chi connectivity index (χ2v) is 13.9. The molecule has 0 unspecified atom stereocenters. The monoisotopic (exact) mass is 531 g/mol. The van der Waals surface area contributed by atoms with Crippen LogP contribution < -0.4 is 15.9 Å². The van der Waals surface area contributed by atoms with Gasteiger partial charge < -0.3 is 0 Å². The maximum Gasteiger partial charge on any atom is 0.115 e. The predicted octanol–water partition coefficient (Wildman–Crippen LogP) is 9.68. The van der Waals surface area contributed by atoms with Gasteiger partial charge in [-0.1, -0.05) is 119 Å². The third kappa shape index (κ3) is 9.35. The molecule has 0 fully saturated rings. The average molecular weight is 532 g/mol. The molecule has 39 heavy (non-hydrogen) atoms. The third-order valence-corrected chi connectivity index (χ3v) is 11.1. The van der Waals surface area contributed by atoms with E-state index >= 15 is 0 Å². The molecule has 0 nitrogen and oxygen atoms in total. The summed E-state index contributed by atoms with van der Waals surface area (Å²) in [4.78, 5) is 0. The fraction of sp³-hybridized carbons (Fsp3) is 0.211. The molecular weight excluding hydrogens is 487 g/mol. The molecule has 0 spiro atoms. The largest absolute Gasteiger partial charge is 0.115 e. The highest BCUT2D eigenvalue weighted by Gasteiger charge is 2.44. The van der Waals surface area contributed by atoms with Gasteiger partial charge in [0.2, 0.25) is 0 Å². The van der Waals surface area contributed by atoms with Crippen molar-refractivity contribution < 1.29 is 0 Å². The smallest absolute Gasteiger partial charge is 0.0856 e. The molecule has 0 aliphatic carbocycles. The van der Waals surface area contributed by atoms with Crippen LogP contribution in [0.3, 0.4) is 0 Å². The standard InChI is InChI=1S/C38H44P/c1-32(2)18-15-19-33(3)20-16-21-34(4)22-17-23-35(5)30-31-39(36-24-9-6-10-25-36,37-26-11-7-12-27-37)38-28-13-8-14-29-38/h6-14,16-18,20-30H,15,19,31H2,1-5H3/q+1. The van der Waals surface area contributed by atoms with Gasteiger partial charge in [0.1, 0.15) is 23.2 Å². The first-order valence-electron chi connectivity index (χ1n) is 14.0. The molecule has 0 radical (unpaired) electrons. The van der Waals surface area contributed by atoms with Crippen molar-refractivity contribution in [3.8, 4) is 0 Å². The van der Waals surface area contributed by atoms with Gasteiger partial charge in [-0.15, -0.1) is 0 Å². The zero-order valence-electron chi connectivity index (χ0n) is 24.3. The Balaban J connectivity index is 1.81. The van der Waals surface area contributed by atoms with Gasteiger partial charge in [0.15, 0.2) is 0 Å². The summed E-state index contributed by atoms with van der Waals surface area (Å²) in [6.45, 7) is 10.9. The van der Waals surface area contributed by atoms with Crippen molar-refractivity contribution in [2.75, 3.05) is 6.16 Å². The Hall–Kier alpha value is -3.47. The lowest BCUT2D eigenvalue weighted by atomic mass is 10.1. The van der Waals surface area contributed by atoms with Crippen molar-refractivity contribution in [1.82, 2.24) is 0 Å². The van der Waals surface area contributed by atoms with Crippen LogP contribution in [0.5, 0.6) is 0 Å². The number of hydrogen-bond acceptors (Lipinski definition) is 0. The molecule has 0 amide bonds. The fourth-order valence-corrected chi connectivity index (χ4v) is 8.74. The van der Waals surface area contributed by atoms with E-state index in [4.69, 9.17) is 0 Å². The van der Waals surface area contributed by atoms with E-state index in [-0.39, 0.29) is 0 Å². The molecule has 0 aliphatic heterocycles. The number of rotatable bonds is 12. The first-order chi connectivity index (χ1) is 18.9. The molecule has 3 rings (SSSR count). The Labute approximate surface area is 238 Å². The van der Waals surface area contributed by atoms with Crippen molar-refractivity contribution in [3.63, 3.8) is 0 Å². The van der Waals surface area contributed by atoms with Gasteiger partial charge in [-0.05, 0) is 89.9 Å². The lowest BCUT2D eigenvalue weighted by Crippen LogP contribution is -2.33. The van der Waals surface area contributed by atoms with E-state index in [0.717, 1.165) is 19.0 Å². The molecule has 0 saturated heterocycles. The first-order valence-corrected chi connectivity index (χ1v) is 15.9. The van der Waals surface area contributed by atoms with Gasteiger partial charge in [0.25, 0.3) is 0 Å². The predicted molar refractivity (Wildman–Crippen MR) is 178 cm³/mol. The maximum absolute atomic E-state index is 2.43. The van der Waals surface area contributed by atoms with Crippen molar-refractivity contribution in [3.05, 3.63) is 162 Å². The molecule has 0 bridgehead atoms. The highest BCUT2D eigenvalue weighted by atomic mass is 31.2. The molecule has 0 heterocycles. The zero-order valence-corrected chi connectivity index (χ0v) is 25.2. The molecule has 0 aliphatic rings. The van der Waals surface area contributed by atoms with Crippen molar-refractivity contribution in [2.45, 2.75) is 47.5 Å². The van der Waals surface area contributed by atoms with Crippen molar-refractivity contribution in [1.29, 1.82) is 0 Å². The number of allylic oxidation sites excluding steroid dienone is 12. The highest BCUT2D eigenvalue weighted by molar-refractivity contribution is 7.95. The Bertz CT molecular complexity index is 1230. The summed E-state index contributed by atoms with van der Waals surface area (Å²) in [6.07, 6.45) is 21.1. The van der Waals surface area contributed by atoms with Crippen molar-refractivity contribution in [2.24, 2.45) is 0 Å². The minimum absolute atomic E-state index is 0.987. The quantitative estimate of drug-likeness (QED) is 0.124. The van der Waals surface area contributed by atoms with Gasteiger partial charge in [0.05, 0.1) is 6.16 Å². The lowest BCUT2D eigenvalue weighted by molar-refractivity contribution is 0.967. The fourth-order valence-electron chi connectivity index (χ4n) is 4.60. The van der Waals surface area contributed by atoms with Crippen molar-refractivity contribution >= 4 is 23.2 Å². The summed E-state index contributed by atoms with van der Waals surface area (Å²) in [5, 5.41) is 4.25. The second kappa shape index (κ2) is 15.8. The highest BCUT2D eigenvalue weighted by Crippen LogP contribution is 2.55. The normalized spacial score (nSPS) is 13.3. The van der Waals surface area contributed by atoms with Crippen LogP contribution >= 0.6 is 7.26 Å².